The first-order chi connectivity index (χ1) is 10.9. The van der Waals surface area contributed by atoms with E-state index in [1.165, 1.54) is 12.1 Å². The number of amides is 3. The van der Waals surface area contributed by atoms with Gasteiger partial charge in [-0.1, -0.05) is 15.9 Å². The summed E-state index contributed by atoms with van der Waals surface area (Å²) in [6.45, 7) is 1.61. The van der Waals surface area contributed by atoms with Crippen LogP contribution in [0, 0.1) is 0 Å². The number of carboxylic acid groups (broad SMARTS) is 1. The molecule has 1 heterocycles. The number of carbonyl (C=O) groups is 3. The van der Waals surface area contributed by atoms with E-state index in [2.05, 4.69) is 26.6 Å². The number of carbonyl (C=O) groups excluding carboxylic acids is 2. The fourth-order valence-electron chi connectivity index (χ4n) is 1.82. The predicted octanol–water partition coefficient (Wildman–Crippen LogP) is 1.49. The van der Waals surface area contributed by atoms with Gasteiger partial charge >= 0.3 is 12.0 Å². The van der Waals surface area contributed by atoms with Crippen molar-refractivity contribution in [1.29, 1.82) is 0 Å². The van der Waals surface area contributed by atoms with Gasteiger partial charge in [0.15, 0.2) is 18.1 Å². The normalized spacial score (nSPS) is 15.3. The molecule has 122 valence electrons. The van der Waals surface area contributed by atoms with Crippen molar-refractivity contribution in [3.05, 3.63) is 27.9 Å². The van der Waals surface area contributed by atoms with Crippen molar-refractivity contribution >= 4 is 39.9 Å². The third kappa shape index (κ3) is 4.22. The highest BCUT2D eigenvalue weighted by atomic mass is 79.9. The number of imide groups is 1. The molecule has 1 fully saturated rings. The number of aliphatic carboxylic acids is 1. The molecular formula is C14H13BrN2O6. The molecule has 0 unspecified atom stereocenters. The van der Waals surface area contributed by atoms with Gasteiger partial charge in [0.1, 0.15) is 5.70 Å². The molecule has 1 saturated heterocycles. The largest absolute Gasteiger partial charge is 0.490 e. The summed E-state index contributed by atoms with van der Waals surface area (Å²) in [5, 5.41) is 13.2. The highest BCUT2D eigenvalue weighted by molar-refractivity contribution is 9.10. The Morgan fingerprint density at radius 1 is 1.26 bits per heavy atom. The minimum atomic E-state index is -1.11. The van der Waals surface area contributed by atoms with Crippen LogP contribution in [0.15, 0.2) is 22.3 Å². The quantitative estimate of drug-likeness (QED) is 0.505. The zero-order valence-electron chi connectivity index (χ0n) is 12.0. The molecule has 1 aliphatic heterocycles. The first-order valence-electron chi connectivity index (χ1n) is 6.55. The van der Waals surface area contributed by atoms with Gasteiger partial charge in [-0.3, -0.25) is 10.1 Å². The van der Waals surface area contributed by atoms with Crippen molar-refractivity contribution < 1.29 is 29.0 Å². The standard InChI is InChI=1S/C14H13BrN2O6/c1-2-22-10-4-7(3-9-13(20)17-14(21)16-9)8(15)5-11(10)23-6-12(18)19/h3-5H,2,6H2,1H3,(H,18,19)(H2,16,17,20,21)/b9-3+. The highest BCUT2D eigenvalue weighted by Crippen LogP contribution is 2.35. The van der Waals surface area contributed by atoms with E-state index in [4.69, 9.17) is 14.6 Å². The molecule has 0 spiro atoms. The second-order valence-corrected chi connectivity index (χ2v) is 5.26. The average molecular weight is 385 g/mol. The van der Waals surface area contributed by atoms with Gasteiger partial charge in [0.2, 0.25) is 0 Å². The van der Waals surface area contributed by atoms with Crippen LogP contribution >= 0.6 is 15.9 Å². The number of ether oxygens (including phenoxy) is 2. The van der Waals surface area contributed by atoms with Gasteiger partial charge in [0.25, 0.3) is 5.91 Å². The number of rotatable bonds is 6. The van der Waals surface area contributed by atoms with Gasteiger partial charge in [0, 0.05) is 4.47 Å². The van der Waals surface area contributed by atoms with Crippen LogP contribution in [0.2, 0.25) is 0 Å². The lowest BCUT2D eigenvalue weighted by atomic mass is 10.1. The fraction of sp³-hybridized carbons (Fsp3) is 0.214. The Hall–Kier alpha value is -2.55. The van der Waals surface area contributed by atoms with Crippen LogP contribution in [-0.2, 0) is 9.59 Å². The van der Waals surface area contributed by atoms with Crippen molar-refractivity contribution in [2.24, 2.45) is 0 Å². The summed E-state index contributed by atoms with van der Waals surface area (Å²) in [5.74, 6) is -1.07. The Morgan fingerprint density at radius 2 is 1.96 bits per heavy atom. The number of hydrogen-bond donors (Lipinski definition) is 3. The highest BCUT2D eigenvalue weighted by Gasteiger charge is 2.23. The Kier molecular flexibility index (Phi) is 5.22. The molecule has 23 heavy (non-hydrogen) atoms. The number of nitrogens with one attached hydrogen (secondary N) is 2. The molecule has 2 rings (SSSR count). The van der Waals surface area contributed by atoms with Gasteiger partial charge in [-0.25, -0.2) is 9.59 Å². The van der Waals surface area contributed by atoms with Crippen LogP contribution in [0.3, 0.4) is 0 Å². The summed E-state index contributed by atoms with van der Waals surface area (Å²) >= 11 is 3.31. The zero-order valence-corrected chi connectivity index (χ0v) is 13.6. The molecule has 0 radical (unpaired) electrons. The summed E-state index contributed by atoms with van der Waals surface area (Å²) in [7, 11) is 0. The maximum Gasteiger partial charge on any atom is 0.341 e. The summed E-state index contributed by atoms with van der Waals surface area (Å²) in [6, 6.07) is 2.52. The van der Waals surface area contributed by atoms with Crippen LogP contribution in [-0.4, -0.2) is 36.2 Å². The van der Waals surface area contributed by atoms with Gasteiger partial charge in [-0.05, 0) is 30.7 Å². The number of hydrogen-bond acceptors (Lipinski definition) is 5. The van der Waals surface area contributed by atoms with Gasteiger partial charge < -0.3 is 19.9 Å². The summed E-state index contributed by atoms with van der Waals surface area (Å²) in [6.07, 6.45) is 1.47. The molecular weight excluding hydrogens is 372 g/mol. The maximum atomic E-state index is 11.6. The van der Waals surface area contributed by atoms with E-state index in [0.717, 1.165) is 0 Å². The van der Waals surface area contributed by atoms with Crippen LogP contribution in [0.4, 0.5) is 4.79 Å². The van der Waals surface area contributed by atoms with E-state index in [-0.39, 0.29) is 11.4 Å². The van der Waals surface area contributed by atoms with E-state index in [1.54, 1.807) is 13.0 Å². The molecule has 0 aliphatic carbocycles. The maximum absolute atomic E-state index is 11.6. The summed E-state index contributed by atoms with van der Waals surface area (Å²) in [5.41, 5.74) is 0.654. The minimum Gasteiger partial charge on any atom is -0.490 e. The molecule has 1 aromatic rings. The van der Waals surface area contributed by atoms with Gasteiger partial charge in [-0.2, -0.15) is 0 Å². The summed E-state index contributed by atoms with van der Waals surface area (Å²) < 4.78 is 11.1. The zero-order chi connectivity index (χ0) is 17.0. The number of carboxylic acids is 1. The van der Waals surface area contributed by atoms with Crippen molar-refractivity contribution in [3.8, 4) is 11.5 Å². The molecule has 3 amide bonds. The van der Waals surface area contributed by atoms with Crippen LogP contribution in [0.5, 0.6) is 11.5 Å². The molecule has 0 bridgehead atoms. The van der Waals surface area contributed by atoms with Crippen LogP contribution < -0.4 is 20.1 Å². The van der Waals surface area contributed by atoms with E-state index in [0.29, 0.717) is 22.4 Å². The van der Waals surface area contributed by atoms with E-state index in [1.807, 2.05) is 0 Å². The minimum absolute atomic E-state index is 0.0948. The predicted molar refractivity (Wildman–Crippen MR) is 83.1 cm³/mol. The second-order valence-electron chi connectivity index (χ2n) is 4.40. The number of urea groups is 1. The first-order valence-corrected chi connectivity index (χ1v) is 7.35. The lowest BCUT2D eigenvalue weighted by Gasteiger charge is -2.13. The lowest BCUT2D eigenvalue weighted by Crippen LogP contribution is -2.22. The monoisotopic (exact) mass is 384 g/mol. The Bertz CT molecular complexity index is 701. The smallest absolute Gasteiger partial charge is 0.341 e. The lowest BCUT2D eigenvalue weighted by molar-refractivity contribution is -0.139. The topological polar surface area (TPSA) is 114 Å². The molecule has 0 saturated carbocycles. The second kappa shape index (κ2) is 7.14. The van der Waals surface area contributed by atoms with Crippen LogP contribution in [0.25, 0.3) is 6.08 Å². The Balaban J connectivity index is 2.35. The third-order valence-electron chi connectivity index (χ3n) is 2.73. The van der Waals surface area contributed by atoms with Crippen LogP contribution in [0.1, 0.15) is 12.5 Å². The first kappa shape index (κ1) is 16.8. The molecule has 1 aliphatic rings. The van der Waals surface area contributed by atoms with Gasteiger partial charge in [-0.15, -0.1) is 0 Å². The molecule has 8 nitrogen and oxygen atoms in total. The molecule has 9 heteroatoms. The third-order valence-corrected chi connectivity index (χ3v) is 3.42. The average Bonchev–Trinajstić information content (AvgIpc) is 2.78. The molecule has 1 aromatic carbocycles. The SMILES string of the molecule is CCOc1cc(/C=C2/NC(=O)NC2=O)c(Br)cc1OCC(=O)O. The van der Waals surface area contributed by atoms with Crippen molar-refractivity contribution in [2.45, 2.75) is 6.92 Å². The van der Waals surface area contributed by atoms with E-state index < -0.39 is 24.5 Å². The van der Waals surface area contributed by atoms with E-state index in [9.17, 15) is 14.4 Å². The van der Waals surface area contributed by atoms with Gasteiger partial charge in [0.05, 0.1) is 6.61 Å². The Labute approximate surface area is 139 Å². The van der Waals surface area contributed by atoms with Crippen molar-refractivity contribution in [3.63, 3.8) is 0 Å². The fourth-order valence-corrected chi connectivity index (χ4v) is 2.26. The molecule has 3 N–H and O–H groups in total. The number of benzene rings is 1. The Morgan fingerprint density at radius 3 is 2.52 bits per heavy atom. The molecule has 0 atom stereocenters. The molecule has 0 aromatic heterocycles. The van der Waals surface area contributed by atoms with Crippen molar-refractivity contribution in [2.75, 3.05) is 13.2 Å². The summed E-state index contributed by atoms with van der Waals surface area (Å²) in [4.78, 5) is 33.3. The van der Waals surface area contributed by atoms with E-state index >= 15 is 0 Å². The number of halogens is 1. The van der Waals surface area contributed by atoms with Crippen molar-refractivity contribution in [1.82, 2.24) is 10.6 Å².